The molecule has 0 aromatic rings. The largest absolute Gasteiger partial charge is 0.343 e. The normalized spacial score (nSPS) is 23.0. The van der Waals surface area contributed by atoms with E-state index in [4.69, 9.17) is 0 Å². The zero-order chi connectivity index (χ0) is 16.1. The summed E-state index contributed by atoms with van der Waals surface area (Å²) in [7, 11) is 1.87. The van der Waals surface area contributed by atoms with Crippen molar-refractivity contribution in [3.05, 3.63) is 0 Å². The van der Waals surface area contributed by atoms with Gasteiger partial charge in [-0.3, -0.25) is 14.5 Å². The molecule has 0 radical (unpaired) electrons. The van der Waals surface area contributed by atoms with E-state index in [1.165, 1.54) is 25.7 Å². The van der Waals surface area contributed by atoms with Crippen molar-refractivity contribution in [3.8, 4) is 0 Å². The van der Waals surface area contributed by atoms with Gasteiger partial charge in [0.15, 0.2) is 0 Å². The summed E-state index contributed by atoms with van der Waals surface area (Å²) in [5.41, 5.74) is 0. The minimum Gasteiger partial charge on any atom is -0.343 e. The van der Waals surface area contributed by atoms with Gasteiger partial charge in [-0.15, -0.1) is 0 Å². The van der Waals surface area contributed by atoms with E-state index in [1.54, 1.807) is 6.92 Å². The smallest absolute Gasteiger partial charge is 0.239 e. The highest BCUT2D eigenvalue weighted by atomic mass is 16.2. The van der Waals surface area contributed by atoms with Crippen LogP contribution >= 0.6 is 0 Å². The maximum Gasteiger partial charge on any atom is 0.239 e. The molecule has 22 heavy (non-hydrogen) atoms. The maximum atomic E-state index is 12.7. The van der Waals surface area contributed by atoms with E-state index >= 15 is 0 Å². The molecule has 0 N–H and O–H groups in total. The average molecular weight is 309 g/mol. The second-order valence-corrected chi connectivity index (χ2v) is 6.81. The fraction of sp³-hybridized carbons (Fsp3) is 0.882. The van der Waals surface area contributed by atoms with Crippen LogP contribution in [0.15, 0.2) is 0 Å². The number of piperidine rings is 1. The van der Waals surface area contributed by atoms with E-state index in [-0.39, 0.29) is 23.9 Å². The first kappa shape index (κ1) is 17.3. The standard InChI is InChI=1S/C17H31N3O2/c1-14(19-10-6-4-5-7-11-19)17(22)20-12-8-16(9-13-20)18(3)15(2)21/h14,16H,4-13H2,1-3H3. The lowest BCUT2D eigenvalue weighted by molar-refractivity contribution is -0.138. The molecule has 0 aliphatic carbocycles. The van der Waals surface area contributed by atoms with Crippen molar-refractivity contribution in [3.63, 3.8) is 0 Å². The third-order valence-electron chi connectivity index (χ3n) is 5.37. The highest BCUT2D eigenvalue weighted by Crippen LogP contribution is 2.19. The Labute approximate surface area is 134 Å². The fourth-order valence-corrected chi connectivity index (χ4v) is 3.63. The number of rotatable bonds is 3. The second-order valence-electron chi connectivity index (χ2n) is 6.81. The summed E-state index contributed by atoms with van der Waals surface area (Å²) in [6.07, 6.45) is 6.80. The molecular formula is C17H31N3O2. The van der Waals surface area contributed by atoms with Crippen molar-refractivity contribution < 1.29 is 9.59 Å². The summed E-state index contributed by atoms with van der Waals surface area (Å²) >= 11 is 0. The van der Waals surface area contributed by atoms with E-state index in [2.05, 4.69) is 11.8 Å². The van der Waals surface area contributed by atoms with E-state index in [0.717, 1.165) is 39.0 Å². The predicted molar refractivity (Wildman–Crippen MR) is 87.5 cm³/mol. The maximum absolute atomic E-state index is 12.7. The molecule has 2 aliphatic heterocycles. The van der Waals surface area contributed by atoms with Crippen LogP contribution in [0.3, 0.4) is 0 Å². The molecule has 2 aliphatic rings. The summed E-state index contributed by atoms with van der Waals surface area (Å²) in [6.45, 7) is 7.33. The third kappa shape index (κ3) is 4.22. The van der Waals surface area contributed by atoms with E-state index in [1.807, 2.05) is 16.8 Å². The van der Waals surface area contributed by atoms with Gasteiger partial charge < -0.3 is 9.80 Å². The van der Waals surface area contributed by atoms with Gasteiger partial charge in [0.1, 0.15) is 0 Å². The molecule has 0 spiro atoms. The van der Waals surface area contributed by atoms with Gasteiger partial charge in [0.25, 0.3) is 0 Å². The molecule has 0 bridgehead atoms. The minimum absolute atomic E-state index is 0.000173. The van der Waals surface area contributed by atoms with Crippen LogP contribution in [0.5, 0.6) is 0 Å². The number of hydrogen-bond donors (Lipinski definition) is 0. The lowest BCUT2D eigenvalue weighted by atomic mass is 10.0. The molecule has 0 aromatic carbocycles. The summed E-state index contributed by atoms with van der Waals surface area (Å²) < 4.78 is 0. The van der Waals surface area contributed by atoms with Crippen LogP contribution in [0, 0.1) is 0 Å². The van der Waals surface area contributed by atoms with E-state index < -0.39 is 0 Å². The molecule has 0 saturated carbocycles. The Morgan fingerprint density at radius 2 is 1.55 bits per heavy atom. The number of nitrogens with zero attached hydrogens (tertiary/aromatic N) is 3. The highest BCUT2D eigenvalue weighted by molar-refractivity contribution is 5.81. The Bertz CT molecular complexity index is 383. The molecular weight excluding hydrogens is 278 g/mol. The highest BCUT2D eigenvalue weighted by Gasteiger charge is 2.30. The van der Waals surface area contributed by atoms with Crippen molar-refractivity contribution in [2.75, 3.05) is 33.2 Å². The number of likely N-dealkylation sites (tertiary alicyclic amines) is 2. The molecule has 1 unspecified atom stereocenters. The Morgan fingerprint density at radius 3 is 2.05 bits per heavy atom. The molecule has 126 valence electrons. The van der Waals surface area contributed by atoms with Crippen LogP contribution < -0.4 is 0 Å². The third-order valence-corrected chi connectivity index (χ3v) is 5.37. The Hall–Kier alpha value is -1.10. The molecule has 1 atom stereocenters. The summed E-state index contributed by atoms with van der Waals surface area (Å²) in [5, 5.41) is 0. The molecule has 0 aromatic heterocycles. The van der Waals surface area contributed by atoms with E-state index in [9.17, 15) is 9.59 Å². The zero-order valence-electron chi connectivity index (χ0n) is 14.4. The lowest BCUT2D eigenvalue weighted by Gasteiger charge is -2.39. The predicted octanol–water partition coefficient (Wildman–Crippen LogP) is 1.72. The molecule has 5 heteroatoms. The quantitative estimate of drug-likeness (QED) is 0.797. The first-order valence-electron chi connectivity index (χ1n) is 8.77. The van der Waals surface area contributed by atoms with Crippen LogP contribution in [-0.4, -0.2) is 71.8 Å². The fourth-order valence-electron chi connectivity index (χ4n) is 3.63. The summed E-state index contributed by atoms with van der Waals surface area (Å²) in [5.74, 6) is 0.383. The zero-order valence-corrected chi connectivity index (χ0v) is 14.4. The van der Waals surface area contributed by atoms with Crippen molar-refractivity contribution in [2.45, 2.75) is 64.5 Å². The van der Waals surface area contributed by atoms with Crippen molar-refractivity contribution in [1.82, 2.24) is 14.7 Å². The first-order chi connectivity index (χ1) is 10.5. The van der Waals surface area contributed by atoms with Gasteiger partial charge in [-0.1, -0.05) is 12.8 Å². The van der Waals surface area contributed by atoms with Crippen LogP contribution in [0.25, 0.3) is 0 Å². The molecule has 2 rings (SSSR count). The second kappa shape index (κ2) is 7.95. The van der Waals surface area contributed by atoms with Gasteiger partial charge in [0.05, 0.1) is 6.04 Å². The lowest BCUT2D eigenvalue weighted by Crippen LogP contribution is -2.52. The Morgan fingerprint density at radius 1 is 1.00 bits per heavy atom. The van der Waals surface area contributed by atoms with Gasteiger partial charge in [-0.05, 0) is 45.7 Å². The van der Waals surface area contributed by atoms with E-state index in [0.29, 0.717) is 0 Å². The van der Waals surface area contributed by atoms with Crippen LogP contribution in [-0.2, 0) is 9.59 Å². The van der Waals surface area contributed by atoms with Gasteiger partial charge in [-0.25, -0.2) is 0 Å². The molecule has 2 heterocycles. The topological polar surface area (TPSA) is 43.9 Å². The van der Waals surface area contributed by atoms with Gasteiger partial charge >= 0.3 is 0 Å². The van der Waals surface area contributed by atoms with Crippen molar-refractivity contribution >= 4 is 11.8 Å². The molecule has 2 amide bonds. The summed E-state index contributed by atoms with van der Waals surface area (Å²) in [6, 6.07) is 0.287. The molecule has 2 saturated heterocycles. The number of carbonyl (C=O) groups is 2. The van der Waals surface area contributed by atoms with Gasteiger partial charge in [-0.2, -0.15) is 0 Å². The van der Waals surface area contributed by atoms with Gasteiger partial charge in [0, 0.05) is 33.1 Å². The molecule has 5 nitrogen and oxygen atoms in total. The number of carbonyl (C=O) groups excluding carboxylic acids is 2. The monoisotopic (exact) mass is 309 g/mol. The molecule has 2 fully saturated rings. The Balaban J connectivity index is 1.84. The summed E-state index contributed by atoms with van der Waals surface area (Å²) in [4.78, 5) is 30.3. The minimum atomic E-state index is 0.000173. The van der Waals surface area contributed by atoms with Crippen molar-refractivity contribution in [1.29, 1.82) is 0 Å². The SMILES string of the molecule is CC(=O)N(C)C1CCN(C(=O)C(C)N2CCCCCC2)CC1. The van der Waals surface area contributed by atoms with Gasteiger partial charge in [0.2, 0.25) is 11.8 Å². The Kier molecular flexibility index (Phi) is 6.24. The van der Waals surface area contributed by atoms with Crippen LogP contribution in [0.4, 0.5) is 0 Å². The average Bonchev–Trinajstić information content (AvgIpc) is 2.82. The van der Waals surface area contributed by atoms with Crippen molar-refractivity contribution in [2.24, 2.45) is 0 Å². The first-order valence-corrected chi connectivity index (χ1v) is 8.77. The van der Waals surface area contributed by atoms with Crippen LogP contribution in [0.2, 0.25) is 0 Å². The number of amides is 2. The van der Waals surface area contributed by atoms with Crippen LogP contribution in [0.1, 0.15) is 52.4 Å². The number of hydrogen-bond acceptors (Lipinski definition) is 3.